The third kappa shape index (κ3) is 6.40. The number of esters is 2. The highest BCUT2D eigenvalue weighted by molar-refractivity contribution is 5.89. The molecule has 0 aliphatic carbocycles. The molecule has 8 heteroatoms. The van der Waals surface area contributed by atoms with E-state index in [2.05, 4.69) is 0 Å². The monoisotopic (exact) mass is 435 g/mol. The lowest BCUT2D eigenvalue weighted by Gasteiger charge is -2.14. The summed E-state index contributed by atoms with van der Waals surface area (Å²) >= 11 is 0. The molecule has 0 bridgehead atoms. The van der Waals surface area contributed by atoms with Gasteiger partial charge in [-0.25, -0.2) is 9.59 Å². The zero-order valence-corrected chi connectivity index (χ0v) is 17.3. The van der Waals surface area contributed by atoms with Gasteiger partial charge in [0.25, 0.3) is 5.69 Å². The fourth-order valence-electron chi connectivity index (χ4n) is 2.75. The third-order valence-corrected chi connectivity index (χ3v) is 4.47. The lowest BCUT2D eigenvalue weighted by Crippen LogP contribution is -2.28. The Hall–Kier alpha value is -4.20. The second-order valence-corrected chi connectivity index (χ2v) is 6.83. The molecular weight excluding hydrogens is 414 g/mol. The van der Waals surface area contributed by atoms with Crippen LogP contribution in [-0.2, 0) is 16.0 Å². The number of hydrogen-bond acceptors (Lipinski definition) is 7. The predicted molar refractivity (Wildman–Crippen MR) is 116 cm³/mol. The molecule has 0 N–H and O–H groups in total. The van der Waals surface area contributed by atoms with Gasteiger partial charge in [-0.05, 0) is 48.9 Å². The van der Waals surface area contributed by atoms with Gasteiger partial charge in [-0.3, -0.25) is 10.1 Å². The van der Waals surface area contributed by atoms with Gasteiger partial charge in [0.1, 0.15) is 11.5 Å². The molecule has 0 fully saturated rings. The Kier molecular flexibility index (Phi) is 7.53. The molecule has 3 aromatic carbocycles. The number of hydrogen-bond donors (Lipinski definition) is 0. The van der Waals surface area contributed by atoms with Crippen molar-refractivity contribution in [2.24, 2.45) is 0 Å². The molecule has 3 rings (SSSR count). The molecule has 164 valence electrons. The molecule has 0 spiro atoms. The standard InChI is InChI=1S/C24H21NO7/c1-17(31-21-13-9-20(10-14-21)25(28)29)23(26)32-22-11-7-19(8-12-22)24(27)30-16-15-18-5-3-2-4-6-18/h2-14,17H,15-16H2,1H3. The Morgan fingerprint density at radius 2 is 1.53 bits per heavy atom. The minimum atomic E-state index is -0.945. The number of benzene rings is 3. The third-order valence-electron chi connectivity index (χ3n) is 4.47. The molecule has 0 saturated heterocycles. The molecule has 0 aliphatic rings. The number of non-ortho nitro benzene ring substituents is 1. The molecule has 0 aromatic heterocycles. The largest absolute Gasteiger partial charge is 0.479 e. The van der Waals surface area contributed by atoms with Crippen LogP contribution in [0.2, 0.25) is 0 Å². The van der Waals surface area contributed by atoms with Gasteiger partial charge in [0.05, 0.1) is 17.1 Å². The van der Waals surface area contributed by atoms with Crippen molar-refractivity contribution >= 4 is 17.6 Å². The van der Waals surface area contributed by atoms with E-state index in [1.165, 1.54) is 55.5 Å². The molecule has 3 aromatic rings. The Morgan fingerprint density at radius 1 is 0.906 bits per heavy atom. The van der Waals surface area contributed by atoms with Crippen LogP contribution in [0.25, 0.3) is 0 Å². The van der Waals surface area contributed by atoms with Crippen LogP contribution in [0.3, 0.4) is 0 Å². The molecule has 0 heterocycles. The van der Waals surface area contributed by atoms with Gasteiger partial charge < -0.3 is 14.2 Å². The van der Waals surface area contributed by atoms with E-state index in [-0.39, 0.29) is 18.0 Å². The summed E-state index contributed by atoms with van der Waals surface area (Å²) in [5, 5.41) is 10.7. The first-order valence-corrected chi connectivity index (χ1v) is 9.86. The summed E-state index contributed by atoms with van der Waals surface area (Å²) in [6.45, 7) is 1.76. The smallest absolute Gasteiger partial charge is 0.352 e. The van der Waals surface area contributed by atoms with Crippen LogP contribution in [-0.4, -0.2) is 29.6 Å². The van der Waals surface area contributed by atoms with Crippen LogP contribution in [0.1, 0.15) is 22.8 Å². The molecule has 8 nitrogen and oxygen atoms in total. The average molecular weight is 435 g/mol. The van der Waals surface area contributed by atoms with Gasteiger partial charge in [0.2, 0.25) is 0 Å². The first-order chi connectivity index (χ1) is 15.4. The molecule has 0 amide bonds. The maximum absolute atomic E-state index is 12.2. The van der Waals surface area contributed by atoms with Crippen LogP contribution in [0.15, 0.2) is 78.9 Å². The van der Waals surface area contributed by atoms with Crippen LogP contribution in [0.5, 0.6) is 11.5 Å². The first-order valence-electron chi connectivity index (χ1n) is 9.86. The van der Waals surface area contributed by atoms with Crippen molar-refractivity contribution < 1.29 is 28.7 Å². The van der Waals surface area contributed by atoms with Gasteiger partial charge in [0, 0.05) is 18.6 Å². The fourth-order valence-corrected chi connectivity index (χ4v) is 2.75. The maximum atomic E-state index is 12.2. The van der Waals surface area contributed by atoms with E-state index >= 15 is 0 Å². The number of nitro groups is 1. The molecule has 32 heavy (non-hydrogen) atoms. The number of ether oxygens (including phenoxy) is 3. The quantitative estimate of drug-likeness (QED) is 0.213. The summed E-state index contributed by atoms with van der Waals surface area (Å²) in [5.74, 6) is -0.571. The minimum Gasteiger partial charge on any atom is -0.479 e. The van der Waals surface area contributed by atoms with Crippen LogP contribution in [0.4, 0.5) is 5.69 Å². The summed E-state index contributed by atoms with van der Waals surface area (Å²) < 4.78 is 16.0. The van der Waals surface area contributed by atoms with Crippen molar-refractivity contribution in [1.29, 1.82) is 0 Å². The second-order valence-electron chi connectivity index (χ2n) is 6.83. The van der Waals surface area contributed by atoms with Crippen molar-refractivity contribution in [1.82, 2.24) is 0 Å². The van der Waals surface area contributed by atoms with Crippen molar-refractivity contribution in [3.63, 3.8) is 0 Å². The fraction of sp³-hybridized carbons (Fsp3) is 0.167. The number of carbonyl (C=O) groups excluding carboxylic acids is 2. The highest BCUT2D eigenvalue weighted by Crippen LogP contribution is 2.19. The van der Waals surface area contributed by atoms with Crippen LogP contribution < -0.4 is 9.47 Å². The van der Waals surface area contributed by atoms with Gasteiger partial charge >= 0.3 is 11.9 Å². The van der Waals surface area contributed by atoms with E-state index in [9.17, 15) is 19.7 Å². The molecule has 1 atom stereocenters. The van der Waals surface area contributed by atoms with Gasteiger partial charge in [-0.1, -0.05) is 30.3 Å². The van der Waals surface area contributed by atoms with E-state index in [1.54, 1.807) is 0 Å². The summed E-state index contributed by atoms with van der Waals surface area (Å²) in [6, 6.07) is 21.1. The summed E-state index contributed by atoms with van der Waals surface area (Å²) in [7, 11) is 0. The SMILES string of the molecule is CC(Oc1ccc([N+](=O)[O-])cc1)C(=O)Oc1ccc(C(=O)OCCc2ccccc2)cc1. The number of nitrogens with zero attached hydrogens (tertiary/aromatic N) is 1. The van der Waals surface area contributed by atoms with E-state index in [4.69, 9.17) is 14.2 Å². The molecular formula is C24H21NO7. The zero-order chi connectivity index (χ0) is 22.9. The lowest BCUT2D eigenvalue weighted by atomic mass is 10.2. The van der Waals surface area contributed by atoms with E-state index in [0.717, 1.165) is 5.56 Å². The van der Waals surface area contributed by atoms with Gasteiger partial charge in [-0.2, -0.15) is 0 Å². The highest BCUT2D eigenvalue weighted by atomic mass is 16.6. The Morgan fingerprint density at radius 3 is 2.16 bits per heavy atom. The van der Waals surface area contributed by atoms with E-state index in [0.29, 0.717) is 17.7 Å². The number of rotatable bonds is 9. The summed E-state index contributed by atoms with van der Waals surface area (Å²) in [5.41, 5.74) is 1.34. The molecule has 1 unspecified atom stereocenters. The topological polar surface area (TPSA) is 105 Å². The second kappa shape index (κ2) is 10.7. The normalized spacial score (nSPS) is 11.3. The summed E-state index contributed by atoms with van der Waals surface area (Å²) in [6.07, 6.45) is -0.325. The predicted octanol–water partition coefficient (Wildman–Crippen LogP) is 4.37. The lowest BCUT2D eigenvalue weighted by molar-refractivity contribution is -0.384. The number of carbonyl (C=O) groups is 2. The van der Waals surface area contributed by atoms with Crippen molar-refractivity contribution in [2.75, 3.05) is 6.61 Å². The van der Waals surface area contributed by atoms with Crippen LogP contribution in [0, 0.1) is 10.1 Å². The molecule has 0 aliphatic heterocycles. The summed E-state index contributed by atoms with van der Waals surface area (Å²) in [4.78, 5) is 34.6. The number of nitro benzene ring substituents is 1. The minimum absolute atomic E-state index is 0.0775. The maximum Gasteiger partial charge on any atom is 0.352 e. The van der Waals surface area contributed by atoms with Crippen molar-refractivity contribution in [3.05, 3.63) is 100 Å². The Balaban J connectivity index is 1.47. The Bertz CT molecular complexity index is 1060. The van der Waals surface area contributed by atoms with E-state index < -0.39 is 23.0 Å². The zero-order valence-electron chi connectivity index (χ0n) is 17.3. The highest BCUT2D eigenvalue weighted by Gasteiger charge is 2.18. The average Bonchev–Trinajstić information content (AvgIpc) is 2.80. The van der Waals surface area contributed by atoms with Gasteiger partial charge in [-0.15, -0.1) is 0 Å². The van der Waals surface area contributed by atoms with E-state index in [1.807, 2.05) is 30.3 Å². The first kappa shape index (κ1) is 22.5. The molecule has 0 radical (unpaired) electrons. The Labute approximate surface area is 184 Å². The van der Waals surface area contributed by atoms with Crippen molar-refractivity contribution in [2.45, 2.75) is 19.4 Å². The molecule has 0 saturated carbocycles. The van der Waals surface area contributed by atoms with Gasteiger partial charge in [0.15, 0.2) is 6.10 Å². The van der Waals surface area contributed by atoms with Crippen molar-refractivity contribution in [3.8, 4) is 11.5 Å². The van der Waals surface area contributed by atoms with Crippen LogP contribution >= 0.6 is 0 Å².